The van der Waals surface area contributed by atoms with Gasteiger partial charge < -0.3 is 66.3 Å². The van der Waals surface area contributed by atoms with Crippen LogP contribution in [0.5, 0.6) is 0 Å². The molecule has 0 atom stereocenters. The molecule has 0 amide bonds. The van der Waals surface area contributed by atoms with Crippen molar-refractivity contribution in [2.45, 2.75) is 13.8 Å². The third kappa shape index (κ3) is 40.8. The maximum atomic E-state index is 11.2. The monoisotopic (exact) mass is 686 g/mol. The van der Waals surface area contributed by atoms with Crippen LogP contribution in [0, 0.1) is 0 Å². The Bertz CT molecular complexity index is 642. The van der Waals surface area contributed by atoms with Gasteiger partial charge >= 0.3 is 5.97 Å². The molecule has 0 aliphatic heterocycles. The van der Waals surface area contributed by atoms with Crippen LogP contribution in [-0.2, 0) is 71.1 Å². The molecular weight excluding hydrogens is 624 g/mol. The topological polar surface area (TPSA) is 146 Å². The van der Waals surface area contributed by atoms with Crippen molar-refractivity contribution in [3.63, 3.8) is 0 Å². The van der Waals surface area contributed by atoms with Gasteiger partial charge in [-0.2, -0.15) is 0 Å². The van der Waals surface area contributed by atoms with Crippen LogP contribution in [0.2, 0.25) is 0 Å². The molecule has 0 fully saturated rings. The summed E-state index contributed by atoms with van der Waals surface area (Å²) in [5, 5.41) is 0. The second-order valence-electron chi connectivity index (χ2n) is 9.46. The minimum atomic E-state index is -0.414. The van der Waals surface area contributed by atoms with E-state index in [1.165, 1.54) is 0 Å². The van der Waals surface area contributed by atoms with Crippen molar-refractivity contribution >= 4 is 5.97 Å². The van der Waals surface area contributed by atoms with Gasteiger partial charge in [0.2, 0.25) is 0 Å². The minimum Gasteiger partial charge on any atom is -0.460 e. The smallest absolute Gasteiger partial charge is 0.333 e. The van der Waals surface area contributed by atoms with Gasteiger partial charge in [-0.3, -0.25) is 0 Å². The lowest BCUT2D eigenvalue weighted by atomic mass is 10.4. The number of ether oxygens (including phenoxy) is 14. The van der Waals surface area contributed by atoms with Crippen LogP contribution in [0.4, 0.5) is 0 Å². The van der Waals surface area contributed by atoms with Gasteiger partial charge in [0.25, 0.3) is 0 Å². The van der Waals surface area contributed by atoms with Gasteiger partial charge in [0.1, 0.15) is 6.61 Å². The van der Waals surface area contributed by atoms with Crippen molar-refractivity contribution < 1.29 is 71.1 Å². The number of carbonyl (C=O) groups excluding carboxylic acids is 1. The molecule has 0 saturated heterocycles. The number of hydrogen-bond acceptors (Lipinski definition) is 15. The number of hydrogen-bond donors (Lipinski definition) is 0. The fourth-order valence-electron chi connectivity index (χ4n) is 3.10. The molecule has 0 aromatic rings. The first kappa shape index (κ1) is 45.7. The van der Waals surface area contributed by atoms with E-state index in [9.17, 15) is 4.79 Å². The molecule has 15 nitrogen and oxygen atoms in total. The van der Waals surface area contributed by atoms with Gasteiger partial charge in [-0.05, 0) is 13.8 Å². The molecule has 0 N–H and O–H groups in total. The van der Waals surface area contributed by atoms with E-state index >= 15 is 0 Å². The van der Waals surface area contributed by atoms with Gasteiger partial charge in [-0.1, -0.05) is 6.58 Å². The summed E-state index contributed by atoms with van der Waals surface area (Å²) in [4.78, 5) is 11.2. The van der Waals surface area contributed by atoms with Crippen molar-refractivity contribution in [3.05, 3.63) is 12.2 Å². The molecule has 0 aromatic carbocycles. The Hall–Kier alpha value is -1.31. The molecular formula is C32H62O15. The Morgan fingerprint density at radius 1 is 0.340 bits per heavy atom. The number of esters is 1. The van der Waals surface area contributed by atoms with Gasteiger partial charge in [0, 0.05) is 12.2 Å². The van der Waals surface area contributed by atoms with E-state index in [1.807, 2.05) is 6.92 Å². The lowest BCUT2D eigenvalue weighted by molar-refractivity contribution is -0.140. The maximum absolute atomic E-state index is 11.2. The lowest BCUT2D eigenvalue weighted by Crippen LogP contribution is -2.16. The largest absolute Gasteiger partial charge is 0.460 e. The molecule has 0 saturated carbocycles. The van der Waals surface area contributed by atoms with Gasteiger partial charge in [0.05, 0.1) is 165 Å². The lowest BCUT2D eigenvalue weighted by Gasteiger charge is -2.09. The highest BCUT2D eigenvalue weighted by Crippen LogP contribution is 1.92. The summed E-state index contributed by atoms with van der Waals surface area (Å²) in [5.41, 5.74) is 0.369. The SMILES string of the molecule is C=C(C)C(=O)OCCOCCOCCOCCOCCOCCOCCOCCOCCOCCOCCOCCOCCOCC. The van der Waals surface area contributed by atoms with Crippen LogP contribution in [0.3, 0.4) is 0 Å². The Morgan fingerprint density at radius 2 is 0.511 bits per heavy atom. The highest BCUT2D eigenvalue weighted by Gasteiger charge is 2.02. The Morgan fingerprint density at radius 3 is 0.681 bits per heavy atom. The summed E-state index contributed by atoms with van der Waals surface area (Å²) in [6, 6.07) is 0. The highest BCUT2D eigenvalue weighted by molar-refractivity contribution is 5.86. The molecule has 15 heteroatoms. The van der Waals surface area contributed by atoms with Crippen molar-refractivity contribution in [1.82, 2.24) is 0 Å². The van der Waals surface area contributed by atoms with E-state index in [4.69, 9.17) is 66.3 Å². The molecule has 280 valence electrons. The molecule has 0 unspecified atom stereocenters. The summed E-state index contributed by atoms with van der Waals surface area (Å²) < 4.78 is 75.3. The third-order valence-electron chi connectivity index (χ3n) is 5.48. The van der Waals surface area contributed by atoms with Crippen molar-refractivity contribution in [2.75, 3.05) is 178 Å². The molecule has 47 heavy (non-hydrogen) atoms. The Labute approximate surface area is 281 Å². The second kappa shape index (κ2) is 40.9. The molecule has 0 heterocycles. The predicted molar refractivity (Wildman–Crippen MR) is 172 cm³/mol. The van der Waals surface area contributed by atoms with Crippen LogP contribution in [0.15, 0.2) is 12.2 Å². The highest BCUT2D eigenvalue weighted by atomic mass is 16.6. The van der Waals surface area contributed by atoms with Crippen LogP contribution in [0.1, 0.15) is 13.8 Å². The molecule has 0 spiro atoms. The summed E-state index contributed by atoms with van der Waals surface area (Å²) in [6.45, 7) is 20.4. The number of rotatable bonds is 41. The van der Waals surface area contributed by atoms with E-state index in [2.05, 4.69) is 6.58 Å². The average molecular weight is 687 g/mol. The van der Waals surface area contributed by atoms with E-state index in [0.29, 0.717) is 177 Å². The standard InChI is InChI=1S/C32H62O15/c1-4-34-5-6-35-7-8-36-9-10-37-11-12-38-13-14-39-15-16-40-17-18-41-19-20-42-21-22-43-23-24-44-25-26-45-27-28-46-29-30-47-32(33)31(2)3/h2,4-30H2,1,3H3. The Kier molecular flexibility index (Phi) is 39.7. The van der Waals surface area contributed by atoms with E-state index in [1.54, 1.807) is 6.92 Å². The molecule has 0 radical (unpaired) electrons. The van der Waals surface area contributed by atoms with E-state index in [0.717, 1.165) is 0 Å². The van der Waals surface area contributed by atoms with Crippen molar-refractivity contribution in [1.29, 1.82) is 0 Å². The molecule has 0 aliphatic rings. The number of carbonyl (C=O) groups is 1. The fourth-order valence-corrected chi connectivity index (χ4v) is 3.10. The van der Waals surface area contributed by atoms with Crippen molar-refractivity contribution in [3.8, 4) is 0 Å². The van der Waals surface area contributed by atoms with Gasteiger partial charge in [0.15, 0.2) is 0 Å². The second-order valence-corrected chi connectivity index (χ2v) is 9.46. The van der Waals surface area contributed by atoms with Crippen LogP contribution >= 0.6 is 0 Å². The summed E-state index contributed by atoms with van der Waals surface area (Å²) in [6.07, 6.45) is 0. The first-order chi connectivity index (χ1) is 23.2. The van der Waals surface area contributed by atoms with Gasteiger partial charge in [-0.15, -0.1) is 0 Å². The van der Waals surface area contributed by atoms with Gasteiger partial charge in [-0.25, -0.2) is 4.79 Å². The predicted octanol–water partition coefficient (Wildman–Crippen LogP) is 1.34. The summed E-state index contributed by atoms with van der Waals surface area (Å²) >= 11 is 0. The molecule has 0 bridgehead atoms. The summed E-state index contributed by atoms with van der Waals surface area (Å²) in [7, 11) is 0. The minimum absolute atomic E-state index is 0.198. The van der Waals surface area contributed by atoms with Crippen molar-refractivity contribution in [2.24, 2.45) is 0 Å². The fraction of sp³-hybridized carbons (Fsp3) is 0.906. The zero-order valence-corrected chi connectivity index (χ0v) is 28.9. The van der Waals surface area contributed by atoms with Crippen LogP contribution in [0.25, 0.3) is 0 Å². The van der Waals surface area contributed by atoms with Crippen LogP contribution in [-0.4, -0.2) is 184 Å². The first-order valence-corrected chi connectivity index (χ1v) is 16.5. The van der Waals surface area contributed by atoms with E-state index in [-0.39, 0.29) is 6.61 Å². The van der Waals surface area contributed by atoms with Crippen LogP contribution < -0.4 is 0 Å². The average Bonchev–Trinajstić information content (AvgIpc) is 3.07. The zero-order valence-electron chi connectivity index (χ0n) is 28.9. The first-order valence-electron chi connectivity index (χ1n) is 16.5. The normalized spacial score (nSPS) is 11.4. The third-order valence-corrected chi connectivity index (χ3v) is 5.48. The Balaban J connectivity index is 3.06. The summed E-state index contributed by atoms with van der Waals surface area (Å²) in [5.74, 6) is -0.414. The maximum Gasteiger partial charge on any atom is 0.333 e. The molecule has 0 rings (SSSR count). The molecule has 0 aromatic heterocycles. The zero-order chi connectivity index (χ0) is 34.1. The molecule has 0 aliphatic carbocycles. The quantitative estimate of drug-likeness (QED) is 0.0518. The van der Waals surface area contributed by atoms with E-state index < -0.39 is 5.97 Å².